The Morgan fingerprint density at radius 3 is 2.17 bits per heavy atom. The van der Waals surface area contributed by atoms with Crippen molar-refractivity contribution in [3.63, 3.8) is 0 Å². The lowest BCUT2D eigenvalue weighted by Gasteiger charge is -2.57. The Hall–Kier alpha value is -0.300. The smallest absolute Gasteiger partial charge is 0.0545 e. The van der Waals surface area contributed by atoms with Gasteiger partial charge in [-0.2, -0.15) is 0 Å². The predicted molar refractivity (Wildman–Crippen MR) is 75.3 cm³/mol. The molecule has 0 saturated heterocycles. The predicted octanol–water partition coefficient (Wildman–Crippen LogP) is 4.31. The van der Waals surface area contributed by atoms with Gasteiger partial charge in [-0.25, -0.2) is 0 Å². The molecule has 0 aromatic carbocycles. The van der Waals surface area contributed by atoms with Gasteiger partial charge in [-0.05, 0) is 87.4 Å². The van der Waals surface area contributed by atoms with Gasteiger partial charge >= 0.3 is 0 Å². The normalized spacial score (nSPS) is 43.1. The number of hydrogen-bond acceptors (Lipinski definition) is 1. The minimum absolute atomic E-state index is 0.0544. The Morgan fingerprint density at radius 1 is 1.11 bits per heavy atom. The molecule has 0 aromatic heterocycles. The van der Waals surface area contributed by atoms with Gasteiger partial charge in [0.05, 0.1) is 6.10 Å². The van der Waals surface area contributed by atoms with Crippen molar-refractivity contribution in [2.45, 2.75) is 70.3 Å². The molecular formula is C17H28O. The van der Waals surface area contributed by atoms with E-state index in [4.69, 9.17) is 0 Å². The van der Waals surface area contributed by atoms with E-state index in [1.165, 1.54) is 38.5 Å². The van der Waals surface area contributed by atoms with Crippen LogP contribution < -0.4 is 0 Å². The van der Waals surface area contributed by atoms with E-state index < -0.39 is 0 Å². The van der Waals surface area contributed by atoms with Crippen LogP contribution in [0.4, 0.5) is 0 Å². The van der Waals surface area contributed by atoms with Gasteiger partial charge in [-0.3, -0.25) is 0 Å². The van der Waals surface area contributed by atoms with Gasteiger partial charge < -0.3 is 5.11 Å². The van der Waals surface area contributed by atoms with Crippen molar-refractivity contribution in [2.24, 2.45) is 23.2 Å². The molecule has 1 atom stereocenters. The summed E-state index contributed by atoms with van der Waals surface area (Å²) in [6.45, 7) is 3.76. The topological polar surface area (TPSA) is 20.2 Å². The lowest BCUT2D eigenvalue weighted by Crippen LogP contribution is -2.47. The number of allylic oxidation sites excluding steroid dienone is 1. The van der Waals surface area contributed by atoms with Crippen LogP contribution in [-0.2, 0) is 0 Å². The second kappa shape index (κ2) is 5.00. The summed E-state index contributed by atoms with van der Waals surface area (Å²) in [6, 6.07) is 0. The van der Waals surface area contributed by atoms with E-state index >= 15 is 0 Å². The van der Waals surface area contributed by atoms with Gasteiger partial charge in [0.25, 0.3) is 0 Å². The fourth-order valence-corrected chi connectivity index (χ4v) is 5.64. The second-order valence-electron chi connectivity index (χ2n) is 7.50. The van der Waals surface area contributed by atoms with Crippen molar-refractivity contribution < 1.29 is 5.11 Å². The lowest BCUT2D eigenvalue weighted by molar-refractivity contribution is -0.0767. The van der Waals surface area contributed by atoms with Crippen molar-refractivity contribution in [1.29, 1.82) is 0 Å². The van der Waals surface area contributed by atoms with Crippen molar-refractivity contribution >= 4 is 0 Å². The Kier molecular flexibility index (Phi) is 3.53. The molecule has 4 bridgehead atoms. The van der Waals surface area contributed by atoms with Gasteiger partial charge in [0, 0.05) is 0 Å². The molecule has 1 heteroatoms. The first-order valence-electron chi connectivity index (χ1n) is 7.98. The third-order valence-electron chi connectivity index (χ3n) is 5.78. The zero-order valence-electron chi connectivity index (χ0n) is 11.6. The van der Waals surface area contributed by atoms with E-state index in [9.17, 15) is 5.11 Å². The number of aliphatic hydroxyl groups excluding tert-OH is 1. The molecule has 1 N–H and O–H groups in total. The molecule has 4 fully saturated rings. The number of unbranched alkanes of at least 4 members (excludes halogenated alkanes) is 1. The Morgan fingerprint density at radius 2 is 1.67 bits per heavy atom. The number of hydrogen-bond donors (Lipinski definition) is 1. The molecular weight excluding hydrogens is 220 g/mol. The minimum atomic E-state index is -0.0544. The zero-order valence-corrected chi connectivity index (χ0v) is 11.6. The zero-order chi connectivity index (χ0) is 12.6. The quantitative estimate of drug-likeness (QED) is 0.548. The van der Waals surface area contributed by atoms with E-state index in [0.29, 0.717) is 5.41 Å². The maximum absolute atomic E-state index is 10.3. The van der Waals surface area contributed by atoms with Crippen molar-refractivity contribution in [3.05, 3.63) is 12.7 Å². The number of aliphatic hydroxyl groups is 1. The monoisotopic (exact) mass is 248 g/mol. The van der Waals surface area contributed by atoms with Crippen molar-refractivity contribution in [2.75, 3.05) is 0 Å². The molecule has 0 radical (unpaired) electrons. The summed E-state index contributed by atoms with van der Waals surface area (Å²) in [5.41, 5.74) is 0.544. The first-order chi connectivity index (χ1) is 8.69. The average molecular weight is 248 g/mol. The molecule has 1 nitrogen and oxygen atoms in total. The van der Waals surface area contributed by atoms with E-state index in [-0.39, 0.29) is 6.10 Å². The highest BCUT2D eigenvalue weighted by Crippen LogP contribution is 2.61. The summed E-state index contributed by atoms with van der Waals surface area (Å²) in [4.78, 5) is 0. The van der Waals surface area contributed by atoms with E-state index in [1.54, 1.807) is 0 Å². The third kappa shape index (κ3) is 2.52. The van der Waals surface area contributed by atoms with E-state index in [2.05, 4.69) is 6.58 Å². The Labute approximate surface area is 112 Å². The van der Waals surface area contributed by atoms with Gasteiger partial charge in [-0.1, -0.05) is 6.08 Å². The molecule has 0 amide bonds. The summed E-state index contributed by atoms with van der Waals surface area (Å²) < 4.78 is 0. The van der Waals surface area contributed by atoms with Crippen LogP contribution in [0.1, 0.15) is 64.2 Å². The molecule has 102 valence electrons. The molecule has 4 aliphatic carbocycles. The summed E-state index contributed by atoms with van der Waals surface area (Å²) in [6.07, 6.45) is 14.9. The minimum Gasteiger partial charge on any atom is -0.393 e. The van der Waals surface area contributed by atoms with Crippen LogP contribution in [0.5, 0.6) is 0 Å². The Bertz CT molecular complexity index is 271. The maximum atomic E-state index is 10.3. The molecule has 4 rings (SSSR count). The molecule has 1 unspecified atom stereocenters. The van der Waals surface area contributed by atoms with Gasteiger partial charge in [0.1, 0.15) is 0 Å². The molecule has 0 aliphatic heterocycles. The summed E-state index contributed by atoms with van der Waals surface area (Å²) in [5.74, 6) is 3.03. The van der Waals surface area contributed by atoms with Crippen LogP contribution in [0, 0.1) is 23.2 Å². The highest BCUT2D eigenvalue weighted by molar-refractivity contribution is 5.02. The fraction of sp³-hybridized carbons (Fsp3) is 0.882. The SMILES string of the molecule is C=CCCCC(O)CC12CC3CC(CC(C3)C1)C2. The van der Waals surface area contributed by atoms with Crippen LogP contribution in [0.2, 0.25) is 0 Å². The second-order valence-corrected chi connectivity index (χ2v) is 7.50. The van der Waals surface area contributed by atoms with Crippen LogP contribution in [0.15, 0.2) is 12.7 Å². The summed E-state index contributed by atoms with van der Waals surface area (Å²) >= 11 is 0. The van der Waals surface area contributed by atoms with E-state index in [1.807, 2.05) is 6.08 Å². The molecule has 18 heavy (non-hydrogen) atoms. The van der Waals surface area contributed by atoms with Gasteiger partial charge in [0.2, 0.25) is 0 Å². The summed E-state index contributed by atoms with van der Waals surface area (Å²) in [7, 11) is 0. The molecule has 0 spiro atoms. The first-order valence-corrected chi connectivity index (χ1v) is 7.98. The van der Waals surface area contributed by atoms with Crippen LogP contribution in [0.25, 0.3) is 0 Å². The molecule has 0 aromatic rings. The van der Waals surface area contributed by atoms with Crippen LogP contribution >= 0.6 is 0 Å². The van der Waals surface area contributed by atoms with Gasteiger partial charge in [0.15, 0.2) is 0 Å². The third-order valence-corrected chi connectivity index (χ3v) is 5.78. The van der Waals surface area contributed by atoms with Gasteiger partial charge in [-0.15, -0.1) is 6.58 Å². The first kappa shape index (κ1) is 12.7. The Balaban J connectivity index is 1.56. The van der Waals surface area contributed by atoms with Crippen LogP contribution in [0.3, 0.4) is 0 Å². The summed E-state index contributed by atoms with van der Waals surface area (Å²) in [5, 5.41) is 10.3. The van der Waals surface area contributed by atoms with Crippen molar-refractivity contribution in [1.82, 2.24) is 0 Å². The van der Waals surface area contributed by atoms with E-state index in [0.717, 1.165) is 43.4 Å². The molecule has 4 aliphatic rings. The maximum Gasteiger partial charge on any atom is 0.0545 e. The average Bonchev–Trinajstić information content (AvgIpc) is 2.26. The number of rotatable bonds is 6. The van der Waals surface area contributed by atoms with Crippen molar-refractivity contribution in [3.8, 4) is 0 Å². The fourth-order valence-electron chi connectivity index (χ4n) is 5.64. The standard InChI is InChI=1S/C17H28O/c1-2-3-4-5-16(18)12-17-9-13-6-14(10-17)8-15(7-13)11-17/h2,13-16,18H,1,3-12H2. The highest BCUT2D eigenvalue weighted by atomic mass is 16.3. The highest BCUT2D eigenvalue weighted by Gasteiger charge is 2.51. The molecule has 4 saturated carbocycles. The van der Waals surface area contributed by atoms with Crippen LogP contribution in [-0.4, -0.2) is 11.2 Å². The lowest BCUT2D eigenvalue weighted by atomic mass is 9.48. The largest absolute Gasteiger partial charge is 0.393 e. The molecule has 0 heterocycles.